The van der Waals surface area contributed by atoms with Gasteiger partial charge in [0, 0.05) is 16.4 Å². The average molecular weight is 424 g/mol. The summed E-state index contributed by atoms with van der Waals surface area (Å²) < 4.78 is 1.43. The van der Waals surface area contributed by atoms with Crippen LogP contribution in [-0.2, 0) is 11.5 Å². The van der Waals surface area contributed by atoms with Crippen LogP contribution in [0.25, 0.3) is 4.91 Å². The molecule has 0 nitrogen and oxygen atoms in total. The van der Waals surface area contributed by atoms with Gasteiger partial charge in [-0.3, -0.25) is 0 Å². The van der Waals surface area contributed by atoms with Crippen molar-refractivity contribution in [2.45, 2.75) is 25.4 Å². The van der Waals surface area contributed by atoms with Gasteiger partial charge in [-0.1, -0.05) is 53.6 Å². The van der Waals surface area contributed by atoms with Gasteiger partial charge in [0.15, 0.2) is 0 Å². The minimum absolute atomic E-state index is 1.04. The number of hydrogen-bond acceptors (Lipinski definition) is 2. The van der Waals surface area contributed by atoms with Crippen molar-refractivity contribution in [3.8, 4) is 0 Å². The van der Waals surface area contributed by atoms with Gasteiger partial charge in [0.2, 0.25) is 0 Å². The van der Waals surface area contributed by atoms with Gasteiger partial charge in [0.25, 0.3) is 0 Å². The average Bonchev–Trinajstić information content (AvgIpc) is 2.48. The summed E-state index contributed by atoms with van der Waals surface area (Å²) in [4.78, 5) is 1.45. The molecule has 0 fully saturated rings. The molecule has 0 radical (unpaired) electrons. The number of rotatable bonds is 3. The molecule has 2 aromatic rings. The maximum atomic E-state index is 2.50. The Kier molecular flexibility index (Phi) is 5.02. The van der Waals surface area contributed by atoms with Crippen molar-refractivity contribution in [3.05, 3.63) is 73.2 Å². The lowest BCUT2D eigenvalue weighted by molar-refractivity contribution is 1.34. The van der Waals surface area contributed by atoms with Gasteiger partial charge in [-0.25, -0.2) is 0 Å². The van der Waals surface area contributed by atoms with Crippen molar-refractivity contribution < 1.29 is 0 Å². The molecule has 0 unspecified atom stereocenters. The molecule has 1 aliphatic heterocycles. The van der Waals surface area contributed by atoms with Crippen molar-refractivity contribution in [2.24, 2.45) is 0 Å². The van der Waals surface area contributed by atoms with E-state index in [1.165, 1.54) is 35.6 Å². The van der Waals surface area contributed by atoms with Gasteiger partial charge in [0.05, 0.1) is 2.91 Å². The fourth-order valence-electron chi connectivity index (χ4n) is 2.31. The predicted octanol–water partition coefficient (Wildman–Crippen LogP) is 6.54. The Morgan fingerprint density at radius 2 is 1.76 bits per heavy atom. The first-order valence-corrected chi connectivity index (χ1v) is 9.99. The zero-order chi connectivity index (χ0) is 14.8. The Morgan fingerprint density at radius 3 is 2.52 bits per heavy atom. The standard InChI is InChI=1S/C18H17IS2/c1-12-3-6-14(7-4-12)10-20-17-16-9-13(2)5-8-15(16)11-21-18(17)19/h3-9H,10-11H2,1-2H3. The highest BCUT2D eigenvalue weighted by Crippen LogP contribution is 2.47. The van der Waals surface area contributed by atoms with Gasteiger partial charge < -0.3 is 0 Å². The molecule has 108 valence electrons. The lowest BCUT2D eigenvalue weighted by Gasteiger charge is -2.20. The number of fused-ring (bicyclic) bond motifs is 1. The third-order valence-corrected chi connectivity index (χ3v) is 7.62. The first-order valence-electron chi connectivity index (χ1n) is 6.94. The molecular formula is C18H17IS2. The van der Waals surface area contributed by atoms with E-state index in [4.69, 9.17) is 0 Å². The summed E-state index contributed by atoms with van der Waals surface area (Å²) in [5, 5.41) is 0. The summed E-state index contributed by atoms with van der Waals surface area (Å²) in [6, 6.07) is 15.7. The first-order chi connectivity index (χ1) is 10.1. The van der Waals surface area contributed by atoms with E-state index in [1.807, 2.05) is 23.5 Å². The molecular weight excluding hydrogens is 407 g/mol. The van der Waals surface area contributed by atoms with Crippen LogP contribution in [0.3, 0.4) is 0 Å². The second kappa shape index (κ2) is 6.80. The van der Waals surface area contributed by atoms with E-state index < -0.39 is 0 Å². The van der Waals surface area contributed by atoms with E-state index in [0.29, 0.717) is 0 Å². The number of hydrogen-bond donors (Lipinski definition) is 0. The number of thioether (sulfide) groups is 2. The van der Waals surface area contributed by atoms with Crippen LogP contribution >= 0.6 is 46.1 Å². The Labute approximate surface area is 148 Å². The summed E-state index contributed by atoms with van der Waals surface area (Å²) in [7, 11) is 0. The van der Waals surface area contributed by atoms with E-state index in [9.17, 15) is 0 Å². The predicted molar refractivity (Wildman–Crippen MR) is 106 cm³/mol. The Balaban J connectivity index is 1.84. The monoisotopic (exact) mass is 424 g/mol. The maximum Gasteiger partial charge on any atom is 0.0603 e. The normalized spacial score (nSPS) is 14.2. The van der Waals surface area contributed by atoms with E-state index >= 15 is 0 Å². The van der Waals surface area contributed by atoms with Crippen LogP contribution < -0.4 is 0 Å². The summed E-state index contributed by atoms with van der Waals surface area (Å²) in [6.45, 7) is 4.32. The lowest BCUT2D eigenvalue weighted by atomic mass is 10.1. The van der Waals surface area contributed by atoms with Crippen LogP contribution in [0.5, 0.6) is 0 Å². The summed E-state index contributed by atoms with van der Waals surface area (Å²) >= 11 is 6.42. The summed E-state index contributed by atoms with van der Waals surface area (Å²) in [5.41, 5.74) is 6.98. The molecule has 2 aromatic carbocycles. The van der Waals surface area contributed by atoms with Crippen molar-refractivity contribution in [3.63, 3.8) is 0 Å². The molecule has 1 aliphatic rings. The molecule has 3 heteroatoms. The molecule has 0 aromatic heterocycles. The van der Waals surface area contributed by atoms with E-state index in [0.717, 1.165) is 11.5 Å². The molecule has 1 heterocycles. The van der Waals surface area contributed by atoms with Gasteiger partial charge in [-0.15, -0.1) is 23.5 Å². The van der Waals surface area contributed by atoms with E-state index in [-0.39, 0.29) is 0 Å². The van der Waals surface area contributed by atoms with Crippen LogP contribution in [0.1, 0.15) is 27.8 Å². The molecule has 0 N–H and O–H groups in total. The maximum absolute atomic E-state index is 2.50. The Hall–Kier alpha value is -0.390. The highest BCUT2D eigenvalue weighted by Gasteiger charge is 2.18. The van der Waals surface area contributed by atoms with Crippen LogP contribution in [0.15, 0.2) is 45.4 Å². The van der Waals surface area contributed by atoms with Gasteiger partial charge in [-0.05, 0) is 53.1 Å². The zero-order valence-corrected chi connectivity index (χ0v) is 15.9. The SMILES string of the molecule is Cc1ccc(CSC2=C(I)SCc3ccc(C)cc32)cc1. The van der Waals surface area contributed by atoms with Crippen molar-refractivity contribution in [2.75, 3.05) is 0 Å². The van der Waals surface area contributed by atoms with Crippen molar-refractivity contribution >= 4 is 51.0 Å². The second-order valence-electron chi connectivity index (χ2n) is 5.33. The van der Waals surface area contributed by atoms with Crippen molar-refractivity contribution in [1.82, 2.24) is 0 Å². The minimum Gasteiger partial charge on any atom is -0.119 e. The summed E-state index contributed by atoms with van der Waals surface area (Å²) in [5.74, 6) is 2.14. The Bertz CT molecular complexity index is 687. The van der Waals surface area contributed by atoms with Crippen LogP contribution in [-0.4, -0.2) is 0 Å². The third-order valence-electron chi connectivity index (χ3n) is 3.55. The fourth-order valence-corrected chi connectivity index (χ4v) is 5.63. The number of benzene rings is 2. The molecule has 0 aliphatic carbocycles. The third kappa shape index (κ3) is 3.69. The molecule has 0 spiro atoms. The Morgan fingerprint density at radius 1 is 1.05 bits per heavy atom. The first kappa shape index (κ1) is 15.5. The minimum atomic E-state index is 1.04. The van der Waals surface area contributed by atoms with Crippen LogP contribution in [0.2, 0.25) is 0 Å². The molecule has 3 rings (SSSR count). The quantitative estimate of drug-likeness (QED) is 0.513. The number of halogens is 1. The van der Waals surface area contributed by atoms with E-state index in [1.54, 1.807) is 0 Å². The largest absolute Gasteiger partial charge is 0.119 e. The molecule has 0 saturated heterocycles. The highest BCUT2D eigenvalue weighted by atomic mass is 127. The zero-order valence-electron chi connectivity index (χ0n) is 12.2. The lowest BCUT2D eigenvalue weighted by Crippen LogP contribution is -1.97. The van der Waals surface area contributed by atoms with Crippen molar-refractivity contribution in [1.29, 1.82) is 0 Å². The molecule has 0 saturated carbocycles. The second-order valence-corrected chi connectivity index (χ2v) is 9.11. The highest BCUT2D eigenvalue weighted by molar-refractivity contribution is 14.1. The number of aryl methyl sites for hydroxylation is 2. The van der Waals surface area contributed by atoms with Crippen LogP contribution in [0, 0.1) is 13.8 Å². The van der Waals surface area contributed by atoms with Crippen LogP contribution in [0.4, 0.5) is 0 Å². The van der Waals surface area contributed by atoms with Gasteiger partial charge >= 0.3 is 0 Å². The topological polar surface area (TPSA) is 0 Å². The molecule has 0 amide bonds. The van der Waals surface area contributed by atoms with Gasteiger partial charge in [0.1, 0.15) is 0 Å². The van der Waals surface area contributed by atoms with Gasteiger partial charge in [-0.2, -0.15) is 0 Å². The van der Waals surface area contributed by atoms with E-state index in [2.05, 4.69) is 78.9 Å². The fraction of sp³-hybridized carbons (Fsp3) is 0.222. The molecule has 0 atom stereocenters. The summed E-state index contributed by atoms with van der Waals surface area (Å²) in [6.07, 6.45) is 0. The molecule has 21 heavy (non-hydrogen) atoms. The smallest absolute Gasteiger partial charge is 0.0603 e. The molecule has 0 bridgehead atoms.